The van der Waals surface area contributed by atoms with Crippen molar-refractivity contribution in [3.8, 4) is 11.3 Å². The molecule has 1 aromatic carbocycles. The van der Waals surface area contributed by atoms with Crippen molar-refractivity contribution < 1.29 is 18.4 Å². The van der Waals surface area contributed by atoms with Crippen molar-refractivity contribution in [2.45, 2.75) is 13.3 Å². The van der Waals surface area contributed by atoms with Gasteiger partial charge in [-0.05, 0) is 42.2 Å². The first-order chi connectivity index (χ1) is 12.9. The third-order valence-electron chi connectivity index (χ3n) is 4.54. The van der Waals surface area contributed by atoms with Crippen LogP contribution >= 0.6 is 0 Å². The Hall–Kier alpha value is -2.55. The smallest absolute Gasteiger partial charge is 0.259 e. The van der Waals surface area contributed by atoms with Gasteiger partial charge in [0.2, 0.25) is 10.0 Å². The van der Waals surface area contributed by atoms with Gasteiger partial charge in [-0.15, -0.1) is 0 Å². The first-order valence-electron chi connectivity index (χ1n) is 8.53. The predicted molar refractivity (Wildman–Crippen MR) is 102 cm³/mol. The molecule has 0 saturated heterocycles. The zero-order valence-electron chi connectivity index (χ0n) is 14.9. The Morgan fingerprint density at radius 3 is 2.70 bits per heavy atom. The molecule has 0 unspecified atom stereocenters. The van der Waals surface area contributed by atoms with E-state index in [9.17, 15) is 13.2 Å². The molecule has 0 fully saturated rings. The summed E-state index contributed by atoms with van der Waals surface area (Å²) in [7, 11) is -3.74. The summed E-state index contributed by atoms with van der Waals surface area (Å²) in [5.41, 5.74) is 6.56. The molecule has 7 nitrogen and oxygen atoms in total. The standard InChI is InChI=1S/C19H21N3O4S/c1-14-12-16(5-6-17(14)18-4-2-3-9-20-18)15-7-10-22(11-8-15)27(25,26)13-19(23)21-24/h2-7,9,12,24H,8,10-11,13H2,1H3,(H,21,23). The number of hydrogen-bond acceptors (Lipinski definition) is 5. The Bertz CT molecular complexity index is 972. The predicted octanol–water partition coefficient (Wildman–Crippen LogP) is 1.98. The third-order valence-corrected chi connectivity index (χ3v) is 6.29. The quantitative estimate of drug-likeness (QED) is 0.604. The molecule has 2 heterocycles. The molecule has 1 amide bonds. The number of sulfonamides is 1. The minimum atomic E-state index is -3.74. The normalized spacial score (nSPS) is 15.3. The number of amides is 1. The fraction of sp³-hybridized carbons (Fsp3) is 0.263. The van der Waals surface area contributed by atoms with E-state index in [1.165, 1.54) is 9.79 Å². The van der Waals surface area contributed by atoms with Crippen LogP contribution in [0.15, 0.2) is 48.7 Å². The molecule has 0 spiro atoms. The minimum Gasteiger partial charge on any atom is -0.289 e. The van der Waals surface area contributed by atoms with Gasteiger partial charge in [0.1, 0.15) is 5.75 Å². The fourth-order valence-corrected chi connectivity index (χ4v) is 4.38. The van der Waals surface area contributed by atoms with Crippen LogP contribution in [-0.2, 0) is 14.8 Å². The number of aromatic nitrogens is 1. The summed E-state index contributed by atoms with van der Waals surface area (Å²) in [5, 5.41) is 8.52. The van der Waals surface area contributed by atoms with Gasteiger partial charge in [0.25, 0.3) is 5.91 Å². The van der Waals surface area contributed by atoms with E-state index < -0.39 is 21.7 Å². The van der Waals surface area contributed by atoms with Crippen LogP contribution in [0.5, 0.6) is 0 Å². The van der Waals surface area contributed by atoms with Crippen LogP contribution in [0, 0.1) is 6.92 Å². The molecule has 0 radical (unpaired) electrons. The van der Waals surface area contributed by atoms with Gasteiger partial charge >= 0.3 is 0 Å². The third kappa shape index (κ3) is 4.41. The van der Waals surface area contributed by atoms with Crippen molar-refractivity contribution in [3.63, 3.8) is 0 Å². The van der Waals surface area contributed by atoms with Crippen molar-refractivity contribution in [2.24, 2.45) is 0 Å². The second kappa shape index (κ2) is 7.99. The van der Waals surface area contributed by atoms with Gasteiger partial charge in [0.15, 0.2) is 0 Å². The number of hydrogen-bond donors (Lipinski definition) is 2. The highest BCUT2D eigenvalue weighted by atomic mass is 32.2. The molecule has 0 atom stereocenters. The maximum atomic E-state index is 12.2. The summed E-state index contributed by atoms with van der Waals surface area (Å²) in [5.74, 6) is -1.70. The molecule has 142 valence electrons. The molecular formula is C19H21N3O4S. The average Bonchev–Trinajstić information content (AvgIpc) is 2.68. The maximum absolute atomic E-state index is 12.2. The van der Waals surface area contributed by atoms with Gasteiger partial charge in [-0.1, -0.05) is 30.3 Å². The van der Waals surface area contributed by atoms with Gasteiger partial charge in [0.05, 0.1) is 5.69 Å². The molecule has 1 aromatic heterocycles. The van der Waals surface area contributed by atoms with Crippen molar-refractivity contribution in [3.05, 3.63) is 59.8 Å². The van der Waals surface area contributed by atoms with Gasteiger partial charge in [-0.2, -0.15) is 4.31 Å². The number of benzene rings is 1. The van der Waals surface area contributed by atoms with E-state index in [-0.39, 0.29) is 6.54 Å². The molecule has 3 rings (SSSR count). The number of nitrogens with zero attached hydrogens (tertiary/aromatic N) is 2. The van der Waals surface area contributed by atoms with Gasteiger partial charge < -0.3 is 0 Å². The van der Waals surface area contributed by atoms with Crippen LogP contribution in [0.25, 0.3) is 16.8 Å². The average molecular weight is 387 g/mol. The summed E-state index contributed by atoms with van der Waals surface area (Å²) in [6.45, 7) is 2.53. The number of nitrogens with one attached hydrogen (secondary N) is 1. The Morgan fingerprint density at radius 1 is 1.30 bits per heavy atom. The Kier molecular flexibility index (Phi) is 5.69. The van der Waals surface area contributed by atoms with Crippen LogP contribution in [0.1, 0.15) is 17.5 Å². The molecule has 27 heavy (non-hydrogen) atoms. The van der Waals surface area contributed by atoms with Crippen LogP contribution < -0.4 is 5.48 Å². The lowest BCUT2D eigenvalue weighted by atomic mass is 9.95. The Balaban J connectivity index is 1.76. The van der Waals surface area contributed by atoms with Crippen LogP contribution in [0.4, 0.5) is 0 Å². The summed E-state index contributed by atoms with van der Waals surface area (Å²) in [4.78, 5) is 15.5. The van der Waals surface area contributed by atoms with E-state index in [2.05, 4.69) is 11.1 Å². The highest BCUT2D eigenvalue weighted by Crippen LogP contribution is 2.28. The largest absolute Gasteiger partial charge is 0.289 e. The van der Waals surface area contributed by atoms with E-state index in [4.69, 9.17) is 5.21 Å². The molecule has 1 aliphatic heterocycles. The number of hydroxylamine groups is 1. The molecular weight excluding hydrogens is 366 g/mol. The molecule has 8 heteroatoms. The summed E-state index contributed by atoms with van der Waals surface area (Å²) in [6, 6.07) is 11.9. The lowest BCUT2D eigenvalue weighted by Crippen LogP contribution is -2.40. The molecule has 2 N–H and O–H groups in total. The number of carbonyl (C=O) groups is 1. The summed E-state index contributed by atoms with van der Waals surface area (Å²) in [6.07, 6.45) is 4.19. The van der Waals surface area contributed by atoms with Crippen LogP contribution in [-0.4, -0.2) is 47.7 Å². The lowest BCUT2D eigenvalue weighted by Gasteiger charge is -2.25. The first-order valence-corrected chi connectivity index (χ1v) is 10.1. The number of carbonyl (C=O) groups excluding carboxylic acids is 1. The number of aryl methyl sites for hydroxylation is 1. The summed E-state index contributed by atoms with van der Waals surface area (Å²) < 4.78 is 25.6. The second-order valence-corrected chi connectivity index (χ2v) is 8.34. The van der Waals surface area contributed by atoms with E-state index in [1.807, 2.05) is 43.3 Å². The lowest BCUT2D eigenvalue weighted by molar-refractivity contribution is -0.126. The zero-order chi connectivity index (χ0) is 19.4. The minimum absolute atomic E-state index is 0.206. The van der Waals surface area contributed by atoms with Crippen molar-refractivity contribution in [1.29, 1.82) is 0 Å². The highest BCUT2D eigenvalue weighted by molar-refractivity contribution is 7.89. The molecule has 1 aliphatic rings. The van der Waals surface area contributed by atoms with E-state index in [0.717, 1.165) is 28.0 Å². The van der Waals surface area contributed by atoms with Crippen LogP contribution in [0.2, 0.25) is 0 Å². The molecule has 0 aliphatic carbocycles. The molecule has 2 aromatic rings. The van der Waals surface area contributed by atoms with Crippen molar-refractivity contribution in [2.75, 3.05) is 18.8 Å². The number of pyridine rings is 1. The SMILES string of the molecule is Cc1cc(C2=CCN(S(=O)(=O)CC(=O)NO)CC2)ccc1-c1ccccn1. The number of rotatable bonds is 5. The van der Waals surface area contributed by atoms with Gasteiger partial charge in [-0.25, -0.2) is 13.9 Å². The monoisotopic (exact) mass is 387 g/mol. The maximum Gasteiger partial charge on any atom is 0.259 e. The van der Waals surface area contributed by atoms with E-state index >= 15 is 0 Å². The fourth-order valence-electron chi connectivity index (χ4n) is 3.13. The summed E-state index contributed by atoms with van der Waals surface area (Å²) >= 11 is 0. The first kappa shape index (κ1) is 19.2. The molecule has 0 bridgehead atoms. The van der Waals surface area contributed by atoms with Gasteiger partial charge in [-0.3, -0.25) is 15.0 Å². The Morgan fingerprint density at radius 2 is 2.11 bits per heavy atom. The Labute approximate surface area is 158 Å². The topological polar surface area (TPSA) is 99.6 Å². The van der Waals surface area contributed by atoms with E-state index in [1.54, 1.807) is 6.20 Å². The highest BCUT2D eigenvalue weighted by Gasteiger charge is 2.27. The molecule has 0 saturated carbocycles. The van der Waals surface area contributed by atoms with Crippen LogP contribution in [0.3, 0.4) is 0 Å². The van der Waals surface area contributed by atoms with E-state index in [0.29, 0.717) is 13.0 Å². The van der Waals surface area contributed by atoms with Gasteiger partial charge in [0, 0.05) is 24.8 Å². The van der Waals surface area contributed by atoms with Crippen molar-refractivity contribution in [1.82, 2.24) is 14.8 Å². The zero-order valence-corrected chi connectivity index (χ0v) is 15.7. The van der Waals surface area contributed by atoms with Crippen molar-refractivity contribution >= 4 is 21.5 Å². The second-order valence-electron chi connectivity index (χ2n) is 6.37.